The monoisotopic (exact) mass is 1020 g/mol. The van der Waals surface area contributed by atoms with Gasteiger partial charge in [-0.15, -0.1) is 0 Å². The fourth-order valence-corrected chi connectivity index (χ4v) is 16.7. The number of rotatable bonds is 7. The molecule has 0 spiro atoms. The number of fused-ring (bicyclic) bond motifs is 3. The third-order valence-corrected chi connectivity index (χ3v) is 20.0. The van der Waals surface area contributed by atoms with Crippen LogP contribution in [-0.4, -0.2) is 36.5 Å². The Kier molecular flexibility index (Phi) is 12.2. The average molecular weight is 1020 g/mol. The van der Waals surface area contributed by atoms with Crippen molar-refractivity contribution in [1.29, 1.82) is 0 Å². The van der Waals surface area contributed by atoms with Gasteiger partial charge < -0.3 is 0 Å². The second-order valence-corrected chi connectivity index (χ2v) is 37.7. The van der Waals surface area contributed by atoms with Crippen LogP contribution in [0.2, 0.25) is 34.5 Å². The van der Waals surface area contributed by atoms with E-state index in [0.717, 1.165) is 39.2 Å². The number of aromatic nitrogens is 2. The largest absolute Gasteiger partial charge is 0 e. The van der Waals surface area contributed by atoms with Crippen molar-refractivity contribution in [3.63, 3.8) is 0 Å². The van der Waals surface area contributed by atoms with Crippen LogP contribution in [0.15, 0.2) is 146 Å². The van der Waals surface area contributed by atoms with Gasteiger partial charge in [0.15, 0.2) is 0 Å². The van der Waals surface area contributed by atoms with Gasteiger partial charge >= 0.3 is 316 Å². The van der Waals surface area contributed by atoms with Crippen LogP contribution in [-0.2, 0) is 20.1 Å². The molecule has 0 bridgehead atoms. The summed E-state index contributed by atoms with van der Waals surface area (Å²) in [6.07, 6.45) is 3.92. The molecule has 54 heavy (non-hydrogen) atoms. The van der Waals surface area contributed by atoms with E-state index in [4.69, 9.17) is 4.98 Å². The summed E-state index contributed by atoms with van der Waals surface area (Å²) in [5.41, 5.74) is 8.11. The maximum atomic E-state index is 9.82. The molecule has 8 aromatic rings. The number of benzene rings is 5. The zero-order valence-electron chi connectivity index (χ0n) is 33.0. The summed E-state index contributed by atoms with van der Waals surface area (Å²) in [6, 6.07) is 52.2. The molecule has 1 radical (unpaired) electrons. The molecule has 0 amide bonds. The summed E-state index contributed by atoms with van der Waals surface area (Å²) in [6.45, 7) is 2.19. The van der Waals surface area contributed by atoms with Crippen molar-refractivity contribution >= 4 is 66.8 Å². The van der Waals surface area contributed by atoms with Crippen LogP contribution in [0.3, 0.4) is 0 Å². The van der Waals surface area contributed by atoms with E-state index in [1.165, 1.54) is 30.1 Å². The molecule has 0 N–H and O–H groups in total. The normalized spacial score (nSPS) is 12.1. The molecule has 0 aliphatic carbocycles. The minimum Gasteiger partial charge on any atom is 0 e. The fraction of sp³-hybridized carbons (Fsp3) is 0.167. The van der Waals surface area contributed by atoms with Gasteiger partial charge in [-0.1, -0.05) is 12.1 Å². The minimum atomic E-state index is -2.05. The summed E-state index contributed by atoms with van der Waals surface area (Å²) >= 11 is -1.95. The van der Waals surface area contributed by atoms with Gasteiger partial charge in [0, 0.05) is 20.1 Å². The first-order chi connectivity index (χ1) is 25.9. The first-order valence-electron chi connectivity index (χ1n) is 18.7. The Hall–Kier alpha value is -3.64. The van der Waals surface area contributed by atoms with Gasteiger partial charge in [0.2, 0.25) is 0 Å². The van der Waals surface area contributed by atoms with Gasteiger partial charge in [-0.25, -0.2) is 0 Å². The zero-order chi connectivity index (χ0) is 38.1. The molecule has 0 saturated carbocycles. The van der Waals surface area contributed by atoms with Crippen molar-refractivity contribution in [2.24, 2.45) is 0 Å². The molecule has 0 saturated heterocycles. The smallest absolute Gasteiger partial charge is 0 e. The van der Waals surface area contributed by atoms with E-state index in [1.807, 2.05) is 109 Å². The van der Waals surface area contributed by atoms with Gasteiger partial charge in [0.1, 0.15) is 0 Å². The molecule has 6 heteroatoms. The van der Waals surface area contributed by atoms with Crippen molar-refractivity contribution in [3.05, 3.63) is 180 Å². The molecule has 8 rings (SSSR count). The Morgan fingerprint density at radius 3 is 1.85 bits per heavy atom. The molecule has 0 atom stereocenters. The van der Waals surface area contributed by atoms with Gasteiger partial charge in [0.05, 0.1) is 0 Å². The average Bonchev–Trinajstić information content (AvgIpc) is 3.57. The summed E-state index contributed by atoms with van der Waals surface area (Å²) in [4.78, 5) is 9.40. The Labute approximate surface area is 345 Å². The van der Waals surface area contributed by atoms with Crippen LogP contribution in [0.25, 0.3) is 42.7 Å². The number of hydrogen-bond donors (Lipinski definition) is 0. The Morgan fingerprint density at radius 1 is 0.593 bits per heavy atom. The van der Waals surface area contributed by atoms with E-state index in [9.17, 15) is 1.37 Å². The minimum absolute atomic E-state index is 0. The van der Waals surface area contributed by atoms with Crippen molar-refractivity contribution < 1.29 is 21.5 Å². The number of pyridine rings is 2. The first-order valence-corrected chi connectivity index (χ1v) is 33.7. The molecular formula is C48H46Ge2IrN2S-2. The molecule has 3 aromatic heterocycles. The second-order valence-electron chi connectivity index (χ2n) is 15.6. The Morgan fingerprint density at radius 2 is 1.24 bits per heavy atom. The predicted octanol–water partition coefficient (Wildman–Crippen LogP) is 12.0. The van der Waals surface area contributed by atoms with Gasteiger partial charge in [-0.2, -0.15) is 0 Å². The van der Waals surface area contributed by atoms with Crippen LogP contribution in [0, 0.1) is 19.1 Å². The fourth-order valence-electron chi connectivity index (χ4n) is 7.02. The van der Waals surface area contributed by atoms with Crippen LogP contribution < -0.4 is 8.79 Å². The Bertz CT molecular complexity index is 2510. The van der Waals surface area contributed by atoms with E-state index < -0.39 is 32.4 Å². The van der Waals surface area contributed by atoms with Gasteiger partial charge in [-0.05, 0) is 0 Å². The SMILES string of the molecule is Cc1cc(-c2[c-]cccc2)nc[c]1[Ge]([CH3])([CH3])[CH3].[2H]C(c1ccccc1)(c1ccccc1)c1ccnc(-c2[c-]ccc3c2sc2[c]([Ge]([CH3])([CH3])[CH3])cccc23)c1.[Ir]. The predicted molar refractivity (Wildman–Crippen MR) is 234 cm³/mol. The molecule has 0 unspecified atom stereocenters. The van der Waals surface area contributed by atoms with Crippen molar-refractivity contribution in [3.8, 4) is 22.5 Å². The third kappa shape index (κ3) is 8.74. The van der Waals surface area contributed by atoms with Crippen molar-refractivity contribution in [2.75, 3.05) is 0 Å². The summed E-state index contributed by atoms with van der Waals surface area (Å²) in [7, 11) is 0. The van der Waals surface area contributed by atoms with Crippen LogP contribution >= 0.6 is 11.3 Å². The van der Waals surface area contributed by atoms with E-state index in [0.29, 0.717) is 0 Å². The number of thiophene rings is 1. The maximum Gasteiger partial charge on any atom is 0 e. The van der Waals surface area contributed by atoms with Crippen LogP contribution in [0.1, 0.15) is 29.5 Å². The van der Waals surface area contributed by atoms with E-state index >= 15 is 0 Å². The first kappa shape index (κ1) is 38.6. The summed E-state index contributed by atoms with van der Waals surface area (Å²) in [5.74, 6) is 13.5. The second kappa shape index (κ2) is 17.0. The topological polar surface area (TPSA) is 25.8 Å². The van der Waals surface area contributed by atoms with E-state index in [1.54, 1.807) is 4.40 Å². The van der Waals surface area contributed by atoms with E-state index in [2.05, 4.69) is 107 Å². The van der Waals surface area contributed by atoms with Crippen LogP contribution in [0.4, 0.5) is 0 Å². The number of nitrogens with zero attached hydrogens (tertiary/aromatic N) is 2. The third-order valence-electron chi connectivity index (χ3n) is 9.60. The molecule has 0 aliphatic heterocycles. The molecule has 3 heterocycles. The maximum absolute atomic E-state index is 9.82. The number of hydrogen-bond acceptors (Lipinski definition) is 3. The molecule has 273 valence electrons. The molecule has 0 fully saturated rings. The van der Waals surface area contributed by atoms with Gasteiger partial charge in [-0.3, -0.25) is 0 Å². The summed E-state index contributed by atoms with van der Waals surface area (Å²) < 4.78 is 15.5. The molecule has 5 aromatic carbocycles. The van der Waals surface area contributed by atoms with Crippen molar-refractivity contribution in [1.82, 2.24) is 9.97 Å². The van der Waals surface area contributed by atoms with Gasteiger partial charge in [0.25, 0.3) is 0 Å². The summed E-state index contributed by atoms with van der Waals surface area (Å²) in [5, 5.41) is 2.59. The standard InChI is InChI=1S/C33H28GeNS.C15H18GeN.Ir/c1-34(2,3)29-19-11-17-27-26-16-10-18-28(32(26)36-33(27)29)30-22-25(20-21-35-30)31(23-12-6-4-7-13-23)24-14-8-5-9-15-24;1-12-10-15(13-8-6-5-7-9-13)17-11-14(12)16(2,3)4;/h4-17,19-22,31H,1-3H3;5-8,10-11H,1-4H3;/q2*-1;/i31D;;. The number of aryl methyl sites for hydroxylation is 1. The molecule has 0 aliphatic rings. The zero-order valence-corrected chi connectivity index (χ0v) is 39.4. The van der Waals surface area contributed by atoms with E-state index in [-0.39, 0.29) is 20.1 Å². The Balaban J connectivity index is 0.000000241. The van der Waals surface area contributed by atoms with Crippen molar-refractivity contribution in [2.45, 2.75) is 47.4 Å². The quantitative estimate of drug-likeness (QED) is 0.117. The van der Waals surface area contributed by atoms with Crippen LogP contribution in [0.5, 0.6) is 0 Å². The molecular weight excluding hydrogens is 974 g/mol. The molecule has 2 nitrogen and oxygen atoms in total.